The van der Waals surface area contributed by atoms with Crippen LogP contribution >= 0.6 is 21.9 Å². The van der Waals surface area contributed by atoms with Crippen molar-refractivity contribution in [2.24, 2.45) is 5.73 Å². The normalized spacial score (nSPS) is 17.7. The Hall–Kier alpha value is -3.03. The Bertz CT molecular complexity index is 1410. The van der Waals surface area contributed by atoms with E-state index in [1.165, 1.54) is 6.07 Å². The molecule has 0 radical (unpaired) electrons. The average Bonchev–Trinajstić information content (AvgIpc) is 3.44. The van der Waals surface area contributed by atoms with Crippen molar-refractivity contribution in [3.05, 3.63) is 70.9 Å². The Balaban J connectivity index is 1.39. The number of primary amides is 1. The molecule has 36 heavy (non-hydrogen) atoms. The number of hydrogen-bond acceptors (Lipinski definition) is 8. The van der Waals surface area contributed by atoms with Gasteiger partial charge in [0.15, 0.2) is 0 Å². The van der Waals surface area contributed by atoms with Gasteiger partial charge in [-0.2, -0.15) is 10.6 Å². The van der Waals surface area contributed by atoms with Crippen LogP contribution in [0.4, 0.5) is 4.39 Å². The van der Waals surface area contributed by atoms with Crippen LogP contribution in [0.1, 0.15) is 34.0 Å². The van der Waals surface area contributed by atoms with E-state index in [2.05, 4.69) is 14.9 Å². The lowest BCUT2D eigenvalue weighted by Crippen LogP contribution is -2.37. The molecule has 4 N–H and O–H groups in total. The summed E-state index contributed by atoms with van der Waals surface area (Å²) in [6.07, 6.45) is 2.74. The average molecular weight is 532 g/mol. The third-order valence-corrected chi connectivity index (χ3v) is 8.94. The number of fused-ring (bicyclic) bond motifs is 1. The molecule has 4 heterocycles. The molecule has 0 spiro atoms. The van der Waals surface area contributed by atoms with Crippen LogP contribution in [0, 0.1) is 5.82 Å². The number of hydrogen-bond donors (Lipinski definition) is 3. The molecule has 0 aliphatic carbocycles. The summed E-state index contributed by atoms with van der Waals surface area (Å²) in [7, 11) is -2.44. The van der Waals surface area contributed by atoms with Gasteiger partial charge in [0.05, 0.1) is 34.4 Å². The number of rotatable bonds is 7. The minimum atomic E-state index is -2.44. The molecule has 1 aromatic carbocycles. The lowest BCUT2D eigenvalue weighted by Gasteiger charge is -2.40. The standard InChI is InChI=1S/C24H26FN5O4S2/c1-15(17-4-2-3-5-18(17)25)34-21-11-22(35-23(21)24(26)31)30-14-28-19-10-16(27-12-20(19)30)13-29-6-8-36(32,33)9-7-29/h2-5,10-12,14-15,32-33H,6-9,13H2,1H3,(H2,26,31). The second kappa shape index (κ2) is 9.79. The number of halogens is 1. The largest absolute Gasteiger partial charge is 0.484 e. The molecule has 3 aromatic heterocycles. The first-order valence-corrected chi connectivity index (χ1v) is 14.0. The van der Waals surface area contributed by atoms with Crippen molar-refractivity contribution in [1.29, 1.82) is 0 Å². The van der Waals surface area contributed by atoms with Gasteiger partial charge < -0.3 is 10.5 Å². The van der Waals surface area contributed by atoms with Crippen molar-refractivity contribution in [2.45, 2.75) is 19.6 Å². The number of carbonyl (C=O) groups excluding carboxylic acids is 1. The number of benzene rings is 1. The van der Waals surface area contributed by atoms with Crippen molar-refractivity contribution >= 4 is 38.9 Å². The quantitative estimate of drug-likeness (QED) is 0.322. The Morgan fingerprint density at radius 2 is 2.00 bits per heavy atom. The van der Waals surface area contributed by atoms with Crippen LogP contribution in [0.5, 0.6) is 5.75 Å². The van der Waals surface area contributed by atoms with Gasteiger partial charge in [0, 0.05) is 31.3 Å². The summed E-state index contributed by atoms with van der Waals surface area (Å²) in [6.45, 7) is 3.52. The molecule has 1 atom stereocenters. The Morgan fingerprint density at radius 3 is 2.72 bits per heavy atom. The topological polar surface area (TPSA) is 127 Å². The highest BCUT2D eigenvalue weighted by Gasteiger charge is 2.23. The number of ether oxygens (including phenoxy) is 1. The van der Waals surface area contributed by atoms with Gasteiger partial charge in [-0.25, -0.2) is 9.37 Å². The second-order valence-electron chi connectivity index (χ2n) is 8.69. The fraction of sp³-hybridized carbons (Fsp3) is 0.292. The van der Waals surface area contributed by atoms with Gasteiger partial charge in [-0.15, -0.1) is 11.3 Å². The third-order valence-electron chi connectivity index (χ3n) is 6.14. The number of pyridine rings is 1. The number of carbonyl (C=O) groups is 1. The molecule has 1 aliphatic rings. The number of amides is 1. The van der Waals surface area contributed by atoms with Crippen LogP contribution in [0.15, 0.2) is 48.9 Å². The smallest absolute Gasteiger partial charge is 0.262 e. The Labute approximate surface area is 212 Å². The van der Waals surface area contributed by atoms with Gasteiger partial charge in [-0.3, -0.25) is 28.4 Å². The van der Waals surface area contributed by atoms with E-state index in [1.807, 2.05) is 6.07 Å². The van der Waals surface area contributed by atoms with Crippen molar-refractivity contribution in [1.82, 2.24) is 19.4 Å². The van der Waals surface area contributed by atoms with E-state index in [4.69, 9.17) is 10.5 Å². The third kappa shape index (κ3) is 5.08. The van der Waals surface area contributed by atoms with E-state index < -0.39 is 22.6 Å². The molecular weight excluding hydrogens is 505 g/mol. The zero-order valence-corrected chi connectivity index (χ0v) is 21.1. The lowest BCUT2D eigenvalue weighted by atomic mass is 10.1. The summed E-state index contributed by atoms with van der Waals surface area (Å²) in [6, 6.07) is 9.93. The summed E-state index contributed by atoms with van der Waals surface area (Å²) < 4.78 is 41.6. The predicted molar refractivity (Wildman–Crippen MR) is 139 cm³/mol. The maximum Gasteiger partial charge on any atom is 0.262 e. The van der Waals surface area contributed by atoms with Gasteiger partial charge in [0.2, 0.25) is 0 Å². The van der Waals surface area contributed by atoms with Crippen molar-refractivity contribution in [3.63, 3.8) is 0 Å². The van der Waals surface area contributed by atoms with Crippen LogP contribution in [-0.4, -0.2) is 59.0 Å². The fourth-order valence-corrected chi connectivity index (χ4v) is 6.40. The predicted octanol–water partition coefficient (Wildman–Crippen LogP) is 4.43. The second-order valence-corrected chi connectivity index (χ2v) is 12.1. The SMILES string of the molecule is CC(Oc1cc(-n2cnc3cc(CN4CCS(O)(O)CC4)ncc32)sc1C(N)=O)c1ccccc1F. The summed E-state index contributed by atoms with van der Waals surface area (Å²) in [4.78, 5) is 23.6. The lowest BCUT2D eigenvalue weighted by molar-refractivity contribution is 0.0998. The minimum Gasteiger partial charge on any atom is -0.484 e. The highest BCUT2D eigenvalue weighted by atomic mass is 32.3. The maximum absolute atomic E-state index is 14.2. The number of thiophene rings is 1. The van der Waals surface area contributed by atoms with E-state index in [0.29, 0.717) is 41.7 Å². The van der Waals surface area contributed by atoms with Crippen molar-refractivity contribution in [3.8, 4) is 10.8 Å². The van der Waals surface area contributed by atoms with E-state index in [1.54, 1.807) is 48.3 Å². The van der Waals surface area contributed by atoms with Gasteiger partial charge in [0.25, 0.3) is 5.91 Å². The van der Waals surface area contributed by atoms with E-state index in [-0.39, 0.29) is 16.4 Å². The van der Waals surface area contributed by atoms with E-state index >= 15 is 0 Å². The van der Waals surface area contributed by atoms with Crippen LogP contribution in [0.25, 0.3) is 16.0 Å². The molecule has 0 bridgehead atoms. The van der Waals surface area contributed by atoms with E-state index in [0.717, 1.165) is 28.1 Å². The molecule has 1 fully saturated rings. The van der Waals surface area contributed by atoms with Gasteiger partial charge >= 0.3 is 0 Å². The van der Waals surface area contributed by atoms with Gasteiger partial charge in [-0.05, 0) is 19.1 Å². The Morgan fingerprint density at radius 1 is 1.25 bits per heavy atom. The van der Waals surface area contributed by atoms with Crippen LogP contribution in [-0.2, 0) is 6.54 Å². The van der Waals surface area contributed by atoms with Crippen LogP contribution < -0.4 is 10.5 Å². The number of nitrogens with zero attached hydrogens (tertiary/aromatic N) is 4. The van der Waals surface area contributed by atoms with Gasteiger partial charge in [-0.1, -0.05) is 18.2 Å². The van der Waals surface area contributed by atoms with Crippen LogP contribution in [0.2, 0.25) is 0 Å². The summed E-state index contributed by atoms with van der Waals surface area (Å²) in [5, 5.41) is 0.665. The number of imidazole rings is 1. The summed E-state index contributed by atoms with van der Waals surface area (Å²) in [5.74, 6) is 0.0153. The molecule has 0 saturated carbocycles. The molecule has 1 aliphatic heterocycles. The highest BCUT2D eigenvalue weighted by molar-refractivity contribution is 8.24. The highest BCUT2D eigenvalue weighted by Crippen LogP contribution is 2.40. The molecule has 9 nitrogen and oxygen atoms in total. The number of aromatic nitrogens is 3. The van der Waals surface area contributed by atoms with Crippen LogP contribution in [0.3, 0.4) is 0 Å². The first kappa shape index (κ1) is 24.7. The molecule has 5 rings (SSSR count). The molecular formula is C24H26FN5O4S2. The van der Waals surface area contributed by atoms with Crippen molar-refractivity contribution < 1.29 is 23.0 Å². The molecule has 1 amide bonds. The molecule has 4 aromatic rings. The first-order valence-electron chi connectivity index (χ1n) is 11.3. The zero-order chi connectivity index (χ0) is 25.4. The summed E-state index contributed by atoms with van der Waals surface area (Å²) >= 11 is 1.16. The molecule has 1 saturated heterocycles. The molecule has 12 heteroatoms. The van der Waals surface area contributed by atoms with E-state index in [9.17, 15) is 18.3 Å². The zero-order valence-electron chi connectivity index (χ0n) is 19.5. The monoisotopic (exact) mass is 531 g/mol. The minimum absolute atomic E-state index is 0.232. The maximum atomic E-state index is 14.2. The Kier molecular flexibility index (Phi) is 6.70. The molecule has 190 valence electrons. The number of nitrogens with two attached hydrogens (primary N) is 1. The first-order chi connectivity index (χ1) is 17.2. The molecule has 1 unspecified atom stereocenters. The van der Waals surface area contributed by atoms with Crippen molar-refractivity contribution in [2.75, 3.05) is 24.6 Å². The van der Waals surface area contributed by atoms with Gasteiger partial charge in [0.1, 0.15) is 33.9 Å². The fourth-order valence-electron chi connectivity index (χ4n) is 4.16. The summed E-state index contributed by atoms with van der Waals surface area (Å²) in [5.41, 5.74) is 8.30.